The van der Waals surface area contributed by atoms with Crippen LogP contribution < -0.4 is 9.47 Å². The SMILES string of the molecule is CCOc1ccc(-c2nc(COC(=O)c3cc(-c4ccccc4)n[nH]3)cs2)cc1OC. The topological polar surface area (TPSA) is 86.3 Å². The van der Waals surface area contributed by atoms with Gasteiger partial charge in [-0.05, 0) is 31.2 Å². The highest BCUT2D eigenvalue weighted by Gasteiger charge is 2.14. The molecule has 0 saturated heterocycles. The predicted octanol–water partition coefficient (Wildman–Crippen LogP) is 4.96. The van der Waals surface area contributed by atoms with E-state index in [1.54, 1.807) is 13.2 Å². The van der Waals surface area contributed by atoms with E-state index in [4.69, 9.17) is 14.2 Å². The van der Waals surface area contributed by atoms with Crippen LogP contribution in [0, 0.1) is 0 Å². The predicted molar refractivity (Wildman–Crippen MR) is 118 cm³/mol. The molecule has 7 nitrogen and oxygen atoms in total. The van der Waals surface area contributed by atoms with E-state index in [2.05, 4.69) is 15.2 Å². The third-order valence-electron chi connectivity index (χ3n) is 4.48. The number of aromatic amines is 1. The van der Waals surface area contributed by atoms with Gasteiger partial charge >= 0.3 is 5.97 Å². The van der Waals surface area contributed by atoms with E-state index >= 15 is 0 Å². The van der Waals surface area contributed by atoms with Crippen LogP contribution in [-0.2, 0) is 11.3 Å². The van der Waals surface area contributed by atoms with Crippen molar-refractivity contribution in [1.82, 2.24) is 15.2 Å². The number of H-pyrrole nitrogens is 1. The zero-order valence-corrected chi connectivity index (χ0v) is 17.9. The van der Waals surface area contributed by atoms with E-state index in [-0.39, 0.29) is 6.61 Å². The van der Waals surface area contributed by atoms with Crippen LogP contribution in [-0.4, -0.2) is 34.9 Å². The first-order chi connectivity index (χ1) is 15.2. The van der Waals surface area contributed by atoms with Crippen molar-refractivity contribution in [1.29, 1.82) is 0 Å². The Bertz CT molecular complexity index is 1170. The Balaban J connectivity index is 1.41. The molecular weight excluding hydrogens is 414 g/mol. The molecule has 0 amide bonds. The Morgan fingerprint density at radius 1 is 1.06 bits per heavy atom. The Morgan fingerprint density at radius 3 is 2.68 bits per heavy atom. The van der Waals surface area contributed by atoms with Gasteiger partial charge in [-0.1, -0.05) is 30.3 Å². The molecule has 0 saturated carbocycles. The van der Waals surface area contributed by atoms with Crippen molar-refractivity contribution < 1.29 is 19.0 Å². The lowest BCUT2D eigenvalue weighted by Gasteiger charge is -2.09. The number of aromatic nitrogens is 3. The van der Waals surface area contributed by atoms with Gasteiger partial charge in [0.1, 0.15) is 17.3 Å². The van der Waals surface area contributed by atoms with E-state index in [0.717, 1.165) is 16.1 Å². The molecule has 0 bridgehead atoms. The first kappa shape index (κ1) is 20.6. The van der Waals surface area contributed by atoms with Crippen molar-refractivity contribution in [2.45, 2.75) is 13.5 Å². The maximum Gasteiger partial charge on any atom is 0.356 e. The van der Waals surface area contributed by atoms with Crippen molar-refractivity contribution in [3.8, 4) is 33.3 Å². The number of benzene rings is 2. The molecular formula is C23H21N3O4S. The Morgan fingerprint density at radius 2 is 1.90 bits per heavy atom. The summed E-state index contributed by atoms with van der Waals surface area (Å²) < 4.78 is 16.4. The number of esters is 1. The minimum absolute atomic E-state index is 0.0726. The van der Waals surface area contributed by atoms with E-state index in [1.165, 1.54) is 11.3 Å². The average Bonchev–Trinajstić information content (AvgIpc) is 3.49. The summed E-state index contributed by atoms with van der Waals surface area (Å²) in [5, 5.41) is 9.59. The van der Waals surface area contributed by atoms with E-state index in [1.807, 2.05) is 60.8 Å². The quantitative estimate of drug-likeness (QED) is 0.394. The summed E-state index contributed by atoms with van der Waals surface area (Å²) in [6, 6.07) is 17.0. The third-order valence-corrected chi connectivity index (χ3v) is 5.42. The number of carbonyl (C=O) groups excluding carboxylic acids is 1. The van der Waals surface area contributed by atoms with Gasteiger partial charge < -0.3 is 14.2 Å². The summed E-state index contributed by atoms with van der Waals surface area (Å²) in [4.78, 5) is 16.9. The Hall–Kier alpha value is -3.65. The number of methoxy groups -OCH3 is 1. The second-order valence-corrected chi connectivity index (χ2v) is 7.41. The molecule has 4 rings (SSSR count). The smallest absolute Gasteiger partial charge is 0.356 e. The number of nitrogens with zero attached hydrogens (tertiary/aromatic N) is 2. The number of ether oxygens (including phenoxy) is 3. The molecule has 0 fully saturated rings. The first-order valence-corrected chi connectivity index (χ1v) is 10.6. The van der Waals surface area contributed by atoms with Gasteiger partial charge in [-0.25, -0.2) is 9.78 Å². The summed E-state index contributed by atoms with van der Waals surface area (Å²) >= 11 is 1.47. The van der Waals surface area contributed by atoms with Crippen molar-refractivity contribution in [3.05, 3.63) is 71.4 Å². The molecule has 0 spiro atoms. The molecule has 31 heavy (non-hydrogen) atoms. The largest absolute Gasteiger partial charge is 0.493 e. The number of nitrogens with one attached hydrogen (secondary N) is 1. The van der Waals surface area contributed by atoms with Gasteiger partial charge in [0, 0.05) is 16.5 Å². The zero-order valence-electron chi connectivity index (χ0n) is 17.1. The van der Waals surface area contributed by atoms with Crippen molar-refractivity contribution in [3.63, 3.8) is 0 Å². The van der Waals surface area contributed by atoms with Crippen molar-refractivity contribution in [2.75, 3.05) is 13.7 Å². The molecule has 2 aromatic heterocycles. The van der Waals surface area contributed by atoms with Crippen LogP contribution >= 0.6 is 11.3 Å². The normalized spacial score (nSPS) is 10.6. The summed E-state index contributed by atoms with van der Waals surface area (Å²) in [6.07, 6.45) is 0. The van der Waals surface area contributed by atoms with Crippen molar-refractivity contribution >= 4 is 17.3 Å². The lowest BCUT2D eigenvalue weighted by molar-refractivity contribution is 0.0461. The second kappa shape index (κ2) is 9.44. The van der Waals surface area contributed by atoms with Gasteiger partial charge in [0.05, 0.1) is 25.1 Å². The number of hydrogen-bond acceptors (Lipinski definition) is 7. The highest BCUT2D eigenvalue weighted by atomic mass is 32.1. The molecule has 0 aliphatic rings. The molecule has 2 aromatic carbocycles. The molecule has 0 unspecified atom stereocenters. The Labute approximate surface area is 183 Å². The minimum atomic E-state index is -0.480. The summed E-state index contributed by atoms with van der Waals surface area (Å²) in [5.74, 6) is 0.858. The van der Waals surface area contributed by atoms with Crippen LogP contribution in [0.3, 0.4) is 0 Å². The molecule has 0 radical (unpaired) electrons. The van der Waals surface area contributed by atoms with Gasteiger partial charge in [0.25, 0.3) is 0 Å². The highest BCUT2D eigenvalue weighted by Crippen LogP contribution is 2.34. The molecule has 8 heteroatoms. The first-order valence-electron chi connectivity index (χ1n) is 9.71. The lowest BCUT2D eigenvalue weighted by atomic mass is 10.1. The molecule has 0 aliphatic carbocycles. The number of hydrogen-bond donors (Lipinski definition) is 1. The summed E-state index contributed by atoms with van der Waals surface area (Å²) in [6.45, 7) is 2.56. The number of carbonyl (C=O) groups is 1. The zero-order chi connectivity index (χ0) is 21.6. The molecule has 4 aromatic rings. The number of thiazole rings is 1. The average molecular weight is 436 g/mol. The van der Waals surface area contributed by atoms with Gasteiger partial charge in [0.15, 0.2) is 11.5 Å². The number of rotatable bonds is 8. The second-order valence-electron chi connectivity index (χ2n) is 6.55. The van der Waals surface area contributed by atoms with Crippen LogP contribution in [0.25, 0.3) is 21.8 Å². The summed E-state index contributed by atoms with van der Waals surface area (Å²) in [7, 11) is 1.60. The van der Waals surface area contributed by atoms with Gasteiger partial charge in [-0.15, -0.1) is 11.3 Å². The van der Waals surface area contributed by atoms with Crippen LogP contribution in [0.2, 0.25) is 0 Å². The monoisotopic (exact) mass is 435 g/mol. The molecule has 0 aliphatic heterocycles. The molecule has 0 atom stereocenters. The lowest BCUT2D eigenvalue weighted by Crippen LogP contribution is -2.05. The molecule has 2 heterocycles. The van der Waals surface area contributed by atoms with E-state index in [0.29, 0.717) is 35.2 Å². The van der Waals surface area contributed by atoms with Gasteiger partial charge in [0.2, 0.25) is 0 Å². The van der Waals surface area contributed by atoms with Crippen LogP contribution in [0.1, 0.15) is 23.1 Å². The fourth-order valence-electron chi connectivity index (χ4n) is 2.98. The van der Waals surface area contributed by atoms with Crippen LogP contribution in [0.4, 0.5) is 0 Å². The minimum Gasteiger partial charge on any atom is -0.493 e. The third kappa shape index (κ3) is 4.75. The Kier molecular flexibility index (Phi) is 6.28. The maximum absolute atomic E-state index is 12.4. The van der Waals surface area contributed by atoms with Gasteiger partial charge in [-0.3, -0.25) is 5.10 Å². The maximum atomic E-state index is 12.4. The molecule has 1 N–H and O–H groups in total. The van der Waals surface area contributed by atoms with Crippen LogP contribution in [0.15, 0.2) is 60.0 Å². The van der Waals surface area contributed by atoms with Gasteiger partial charge in [-0.2, -0.15) is 5.10 Å². The van der Waals surface area contributed by atoms with E-state index in [9.17, 15) is 4.79 Å². The van der Waals surface area contributed by atoms with Crippen molar-refractivity contribution in [2.24, 2.45) is 0 Å². The standard InChI is InChI=1S/C23H21N3O4S/c1-3-29-20-10-9-16(11-21(20)28-2)22-24-17(14-31-22)13-30-23(27)19-12-18(25-26-19)15-7-5-4-6-8-15/h4-12,14H,3,13H2,1-2H3,(H,25,26). The highest BCUT2D eigenvalue weighted by molar-refractivity contribution is 7.13. The fourth-order valence-corrected chi connectivity index (χ4v) is 3.78. The van der Waals surface area contributed by atoms with Crippen LogP contribution in [0.5, 0.6) is 11.5 Å². The van der Waals surface area contributed by atoms with E-state index < -0.39 is 5.97 Å². The molecule has 158 valence electrons. The summed E-state index contributed by atoms with van der Waals surface area (Å²) in [5.41, 5.74) is 3.49. The fraction of sp³-hybridized carbons (Fsp3) is 0.174.